The number of aliphatic hydroxyl groups excluding tert-OH is 1. The Balaban J connectivity index is 1.19. The molecule has 40 heavy (non-hydrogen) atoms. The van der Waals surface area contributed by atoms with Gasteiger partial charge in [-0.1, -0.05) is 0 Å². The van der Waals surface area contributed by atoms with E-state index in [4.69, 9.17) is 29.2 Å². The third kappa shape index (κ3) is 5.66. The van der Waals surface area contributed by atoms with Crippen molar-refractivity contribution in [3.63, 3.8) is 0 Å². The third-order valence-corrected chi connectivity index (χ3v) is 6.87. The predicted octanol–water partition coefficient (Wildman–Crippen LogP) is 1.89. The van der Waals surface area contributed by atoms with Crippen molar-refractivity contribution in [3.05, 3.63) is 53.6 Å². The van der Waals surface area contributed by atoms with Crippen LogP contribution >= 0.6 is 0 Å². The maximum absolute atomic E-state index is 12.6. The minimum Gasteiger partial charge on any atom is -0.457 e. The van der Waals surface area contributed by atoms with Gasteiger partial charge in [-0.25, -0.2) is 9.59 Å². The topological polar surface area (TPSA) is 151 Å². The molecule has 3 aliphatic heterocycles. The van der Waals surface area contributed by atoms with Gasteiger partial charge in [-0.2, -0.15) is 15.0 Å². The van der Waals surface area contributed by atoms with Crippen LogP contribution in [0.25, 0.3) is 11.4 Å². The van der Waals surface area contributed by atoms with Gasteiger partial charge in [0.25, 0.3) is 0 Å². The molecule has 2 amide bonds. The fraction of sp³-hybridized carbons (Fsp3) is 0.370. The monoisotopic (exact) mass is 547 g/mol. The van der Waals surface area contributed by atoms with Gasteiger partial charge < -0.3 is 39.8 Å². The maximum Gasteiger partial charge on any atom is 0.338 e. The van der Waals surface area contributed by atoms with Gasteiger partial charge in [0.05, 0.1) is 38.1 Å². The van der Waals surface area contributed by atoms with Crippen LogP contribution in [0.4, 0.5) is 28.1 Å². The molecule has 1 unspecified atom stereocenters. The Morgan fingerprint density at radius 2 is 1.62 bits per heavy atom. The zero-order chi connectivity index (χ0) is 27.5. The highest BCUT2D eigenvalue weighted by Crippen LogP contribution is 2.26. The van der Waals surface area contributed by atoms with Crippen molar-refractivity contribution in [1.29, 1.82) is 0 Å². The second-order valence-electron chi connectivity index (χ2n) is 9.58. The summed E-state index contributed by atoms with van der Waals surface area (Å²) in [5, 5.41) is 15.2. The molecule has 1 atom stereocenters. The van der Waals surface area contributed by atoms with E-state index in [9.17, 15) is 14.7 Å². The van der Waals surface area contributed by atoms with Crippen LogP contribution in [0.3, 0.4) is 0 Å². The average molecular weight is 548 g/mol. The average Bonchev–Trinajstić information content (AvgIpc) is 3.37. The Bertz CT molecular complexity index is 1400. The SMILES string of the molecule is O=C(Nc1ccc(-c2nc(N3CCOCC3)nc(N3CCOC(CO)C3)n2)cc1)Nc1ccc2c(c1)COC2=O. The summed E-state index contributed by atoms with van der Waals surface area (Å²) in [5.41, 5.74) is 3.17. The summed E-state index contributed by atoms with van der Waals surface area (Å²) in [6.45, 7) is 4.23. The summed E-state index contributed by atoms with van der Waals surface area (Å²) < 4.78 is 16.1. The van der Waals surface area contributed by atoms with Crippen LogP contribution in [0.5, 0.6) is 0 Å². The number of ether oxygens (including phenoxy) is 3. The largest absolute Gasteiger partial charge is 0.457 e. The van der Waals surface area contributed by atoms with E-state index in [1.807, 2.05) is 17.0 Å². The van der Waals surface area contributed by atoms with Crippen molar-refractivity contribution in [3.8, 4) is 11.4 Å². The Hall–Kier alpha value is -4.33. The fourth-order valence-electron chi connectivity index (χ4n) is 4.75. The van der Waals surface area contributed by atoms with E-state index in [1.54, 1.807) is 30.3 Å². The van der Waals surface area contributed by atoms with E-state index in [0.29, 0.717) is 80.7 Å². The highest BCUT2D eigenvalue weighted by Gasteiger charge is 2.25. The molecular weight excluding hydrogens is 518 g/mol. The molecule has 3 aromatic rings. The molecule has 0 spiro atoms. The third-order valence-electron chi connectivity index (χ3n) is 6.87. The molecule has 1 aromatic heterocycles. The number of nitrogens with one attached hydrogen (secondary N) is 2. The number of carbonyl (C=O) groups excluding carboxylic acids is 2. The Kier molecular flexibility index (Phi) is 7.40. The van der Waals surface area contributed by atoms with E-state index in [-0.39, 0.29) is 25.3 Å². The number of esters is 1. The van der Waals surface area contributed by atoms with Crippen LogP contribution in [0.2, 0.25) is 0 Å². The minimum absolute atomic E-state index is 0.0760. The minimum atomic E-state index is -0.416. The van der Waals surface area contributed by atoms with Crippen molar-refractivity contribution in [2.45, 2.75) is 12.7 Å². The number of cyclic esters (lactones) is 1. The smallest absolute Gasteiger partial charge is 0.338 e. The molecule has 4 heterocycles. The van der Waals surface area contributed by atoms with Crippen molar-refractivity contribution in [2.24, 2.45) is 0 Å². The number of benzene rings is 2. The van der Waals surface area contributed by atoms with Gasteiger partial charge in [-0.3, -0.25) is 0 Å². The Labute approximate surface area is 230 Å². The summed E-state index contributed by atoms with van der Waals surface area (Å²) in [4.78, 5) is 42.5. The van der Waals surface area contributed by atoms with E-state index < -0.39 is 6.03 Å². The summed E-state index contributed by atoms with van der Waals surface area (Å²) in [7, 11) is 0. The second kappa shape index (κ2) is 11.4. The van der Waals surface area contributed by atoms with Crippen LogP contribution in [-0.4, -0.2) is 90.8 Å². The van der Waals surface area contributed by atoms with E-state index in [2.05, 4.69) is 15.5 Å². The molecule has 0 bridgehead atoms. The van der Waals surface area contributed by atoms with E-state index in [1.165, 1.54) is 0 Å². The molecule has 2 aromatic carbocycles. The van der Waals surface area contributed by atoms with Crippen molar-refractivity contribution < 1.29 is 28.9 Å². The number of urea groups is 1. The molecule has 0 aliphatic carbocycles. The van der Waals surface area contributed by atoms with Crippen LogP contribution in [-0.2, 0) is 20.8 Å². The molecular formula is C27H29N7O6. The number of morpholine rings is 2. The lowest BCUT2D eigenvalue weighted by molar-refractivity contribution is 0.00314. The Morgan fingerprint density at radius 3 is 2.40 bits per heavy atom. The van der Waals surface area contributed by atoms with Crippen LogP contribution < -0.4 is 20.4 Å². The lowest BCUT2D eigenvalue weighted by Crippen LogP contribution is -2.45. The van der Waals surface area contributed by atoms with Gasteiger partial charge >= 0.3 is 12.0 Å². The highest BCUT2D eigenvalue weighted by molar-refractivity contribution is 6.01. The molecule has 0 saturated carbocycles. The second-order valence-corrected chi connectivity index (χ2v) is 9.58. The molecule has 2 fully saturated rings. The lowest BCUT2D eigenvalue weighted by Gasteiger charge is -2.33. The zero-order valence-electron chi connectivity index (χ0n) is 21.7. The number of aromatic nitrogens is 3. The standard InChI is InChI=1S/C27H29N7O6/c35-15-21-14-34(9-12-39-21)26-31-23(30-25(32-26)33-7-10-38-11-8-33)17-1-3-19(4-2-17)28-27(37)29-20-5-6-22-18(13-20)16-40-24(22)36/h1-6,13,21,35H,7-12,14-16H2,(H2,28,29,37). The molecule has 2 saturated heterocycles. The number of hydrogen-bond acceptors (Lipinski definition) is 11. The molecule has 0 radical (unpaired) electrons. The van der Waals surface area contributed by atoms with Crippen molar-refractivity contribution in [1.82, 2.24) is 15.0 Å². The molecule has 13 nitrogen and oxygen atoms in total. The first-order valence-corrected chi connectivity index (χ1v) is 13.1. The molecule has 13 heteroatoms. The molecule has 3 N–H and O–H groups in total. The number of anilines is 4. The first kappa shape index (κ1) is 25.9. The highest BCUT2D eigenvalue weighted by atomic mass is 16.5. The van der Waals surface area contributed by atoms with E-state index in [0.717, 1.165) is 11.1 Å². The summed E-state index contributed by atoms with van der Waals surface area (Å²) in [5.74, 6) is 1.24. The number of rotatable bonds is 6. The number of hydrogen-bond donors (Lipinski definition) is 3. The van der Waals surface area contributed by atoms with Gasteiger partial charge in [-0.15, -0.1) is 0 Å². The predicted molar refractivity (Wildman–Crippen MR) is 146 cm³/mol. The zero-order valence-corrected chi connectivity index (χ0v) is 21.7. The van der Waals surface area contributed by atoms with Gasteiger partial charge in [0, 0.05) is 48.7 Å². The number of fused-ring (bicyclic) bond motifs is 1. The number of carbonyl (C=O) groups is 2. The normalized spacial score (nSPS) is 18.7. The summed E-state index contributed by atoms with van der Waals surface area (Å²) in [6, 6.07) is 11.8. The number of aliphatic hydroxyl groups is 1. The van der Waals surface area contributed by atoms with E-state index >= 15 is 0 Å². The molecule has 6 rings (SSSR count). The van der Waals surface area contributed by atoms with Gasteiger partial charge in [-0.05, 0) is 42.5 Å². The van der Waals surface area contributed by atoms with Crippen LogP contribution in [0.1, 0.15) is 15.9 Å². The van der Waals surface area contributed by atoms with Gasteiger partial charge in [0.2, 0.25) is 11.9 Å². The first-order valence-electron chi connectivity index (χ1n) is 13.1. The Morgan fingerprint density at radius 1 is 0.925 bits per heavy atom. The van der Waals surface area contributed by atoms with Crippen molar-refractivity contribution >= 4 is 35.3 Å². The van der Waals surface area contributed by atoms with Crippen LogP contribution in [0, 0.1) is 0 Å². The lowest BCUT2D eigenvalue weighted by atomic mass is 10.1. The molecule has 208 valence electrons. The summed E-state index contributed by atoms with van der Waals surface area (Å²) >= 11 is 0. The molecule has 3 aliphatic rings. The number of amides is 2. The number of nitrogens with zero attached hydrogens (tertiary/aromatic N) is 5. The first-order chi connectivity index (χ1) is 19.6. The maximum atomic E-state index is 12.6. The van der Waals surface area contributed by atoms with Crippen LogP contribution in [0.15, 0.2) is 42.5 Å². The van der Waals surface area contributed by atoms with Gasteiger partial charge in [0.15, 0.2) is 5.82 Å². The van der Waals surface area contributed by atoms with Gasteiger partial charge in [0.1, 0.15) is 6.61 Å². The summed E-state index contributed by atoms with van der Waals surface area (Å²) in [6.07, 6.45) is -0.301. The quantitative estimate of drug-likeness (QED) is 0.388. The fourth-order valence-corrected chi connectivity index (χ4v) is 4.75. The van der Waals surface area contributed by atoms with Crippen molar-refractivity contribution in [2.75, 3.05) is 73.0 Å².